The van der Waals surface area contributed by atoms with Crippen molar-refractivity contribution in [3.05, 3.63) is 95.6 Å². The van der Waals surface area contributed by atoms with Gasteiger partial charge >= 0.3 is 0 Å². The number of hydrogen-bond donors (Lipinski definition) is 1. The molecule has 3 unspecified atom stereocenters. The lowest BCUT2D eigenvalue weighted by molar-refractivity contribution is -0.925. The number of fused-ring (bicyclic) bond motifs is 3. The number of rotatable bonds is 8. The highest BCUT2D eigenvalue weighted by Gasteiger charge is 2.57. The first-order valence-electron chi connectivity index (χ1n) is 12.0. The van der Waals surface area contributed by atoms with E-state index >= 15 is 0 Å². The van der Waals surface area contributed by atoms with Gasteiger partial charge in [0.15, 0.2) is 11.7 Å². The number of nitrogens with zero attached hydrogens (tertiary/aromatic N) is 1. The number of likely N-dealkylation sites (N-methyl/N-ethyl adjacent to an activating group) is 1. The van der Waals surface area contributed by atoms with Crippen LogP contribution in [0.3, 0.4) is 0 Å². The predicted molar refractivity (Wildman–Crippen MR) is 130 cm³/mol. The van der Waals surface area contributed by atoms with Gasteiger partial charge in [0, 0.05) is 19.3 Å². The molecule has 3 atom stereocenters. The number of aryl methyl sites for hydroxylation is 1. The molecule has 1 N–H and O–H groups in total. The Kier molecular flexibility index (Phi) is 5.81. The standard InChI is InChI=1S/C29H32NO3/c1-30(19-9-13-22-11-3-2-4-12-22)20-10-18-27(30)28(33-21-31)29(32)25-16-7-5-14-23(25)24-15-6-8-17-26(24)29/h2-8,11-12,14-17,21,27-28,32H,9-10,13,18-20H2,1H3/q+1. The summed E-state index contributed by atoms with van der Waals surface area (Å²) in [6.07, 6.45) is 3.41. The van der Waals surface area contributed by atoms with Crippen molar-refractivity contribution in [1.82, 2.24) is 0 Å². The number of quaternary nitrogens is 1. The second-order valence-electron chi connectivity index (χ2n) is 9.74. The molecule has 5 rings (SSSR count). The maximum Gasteiger partial charge on any atom is 0.293 e. The van der Waals surface area contributed by atoms with Crippen LogP contribution < -0.4 is 0 Å². The fraction of sp³-hybridized carbons (Fsp3) is 0.345. The monoisotopic (exact) mass is 442 g/mol. The van der Waals surface area contributed by atoms with Crippen molar-refractivity contribution in [2.24, 2.45) is 0 Å². The zero-order chi connectivity index (χ0) is 22.9. The second kappa shape index (κ2) is 8.77. The van der Waals surface area contributed by atoms with Gasteiger partial charge in [-0.05, 0) is 34.2 Å². The molecule has 2 aliphatic rings. The number of aliphatic hydroxyl groups is 1. The highest BCUT2D eigenvalue weighted by molar-refractivity contribution is 5.80. The van der Waals surface area contributed by atoms with Crippen LogP contribution in [-0.2, 0) is 21.6 Å². The van der Waals surface area contributed by atoms with Crippen LogP contribution in [0.1, 0.15) is 36.0 Å². The van der Waals surface area contributed by atoms with E-state index in [0.29, 0.717) is 6.47 Å². The summed E-state index contributed by atoms with van der Waals surface area (Å²) in [7, 11) is 2.26. The lowest BCUT2D eigenvalue weighted by Crippen LogP contribution is -2.60. The normalized spacial score (nSPS) is 23.5. The average Bonchev–Trinajstić information content (AvgIpc) is 3.35. The zero-order valence-electron chi connectivity index (χ0n) is 19.2. The van der Waals surface area contributed by atoms with Crippen LogP contribution in [0.5, 0.6) is 0 Å². The summed E-state index contributed by atoms with van der Waals surface area (Å²) in [5.41, 5.74) is 3.69. The summed E-state index contributed by atoms with van der Waals surface area (Å²) in [6, 6.07) is 26.5. The molecule has 0 saturated carbocycles. The number of carbonyl (C=O) groups is 1. The molecule has 1 aliphatic carbocycles. The van der Waals surface area contributed by atoms with Gasteiger partial charge in [0.05, 0.1) is 20.1 Å². The highest BCUT2D eigenvalue weighted by Crippen LogP contribution is 2.52. The molecule has 1 fully saturated rings. The molecule has 0 aromatic heterocycles. The minimum absolute atomic E-state index is 0.0233. The van der Waals surface area contributed by atoms with Crippen molar-refractivity contribution in [1.29, 1.82) is 0 Å². The molecule has 0 bridgehead atoms. The van der Waals surface area contributed by atoms with Crippen LogP contribution in [0.25, 0.3) is 11.1 Å². The van der Waals surface area contributed by atoms with Crippen molar-refractivity contribution in [2.75, 3.05) is 20.1 Å². The van der Waals surface area contributed by atoms with Gasteiger partial charge in [-0.25, -0.2) is 0 Å². The topological polar surface area (TPSA) is 46.5 Å². The fourth-order valence-electron chi connectivity index (χ4n) is 6.26. The van der Waals surface area contributed by atoms with E-state index in [1.54, 1.807) is 0 Å². The minimum atomic E-state index is -1.36. The van der Waals surface area contributed by atoms with Gasteiger partial charge in [-0.2, -0.15) is 0 Å². The quantitative estimate of drug-likeness (QED) is 0.407. The van der Waals surface area contributed by atoms with E-state index in [9.17, 15) is 9.90 Å². The number of ether oxygens (including phenoxy) is 1. The lowest BCUT2D eigenvalue weighted by Gasteiger charge is -2.44. The third-order valence-corrected chi connectivity index (χ3v) is 7.88. The lowest BCUT2D eigenvalue weighted by atomic mass is 9.81. The smallest absolute Gasteiger partial charge is 0.293 e. The van der Waals surface area contributed by atoms with E-state index in [4.69, 9.17) is 4.74 Å². The van der Waals surface area contributed by atoms with Crippen LogP contribution in [0.4, 0.5) is 0 Å². The van der Waals surface area contributed by atoms with E-state index in [2.05, 4.69) is 31.3 Å². The van der Waals surface area contributed by atoms with Crippen molar-refractivity contribution >= 4 is 6.47 Å². The van der Waals surface area contributed by atoms with Gasteiger partial charge < -0.3 is 14.3 Å². The van der Waals surface area contributed by atoms with Gasteiger partial charge in [0.1, 0.15) is 6.04 Å². The van der Waals surface area contributed by atoms with Crippen LogP contribution in [-0.4, -0.2) is 48.3 Å². The maximum absolute atomic E-state index is 12.4. The average molecular weight is 443 g/mol. The van der Waals surface area contributed by atoms with Gasteiger partial charge in [-0.1, -0.05) is 78.9 Å². The summed E-state index contributed by atoms with van der Waals surface area (Å²) in [5, 5.41) is 12.4. The summed E-state index contributed by atoms with van der Waals surface area (Å²) < 4.78 is 6.64. The molecule has 1 saturated heterocycles. The van der Waals surface area contributed by atoms with Crippen LogP contribution >= 0.6 is 0 Å². The Morgan fingerprint density at radius 2 is 1.61 bits per heavy atom. The largest absolute Gasteiger partial charge is 0.454 e. The summed E-state index contributed by atoms with van der Waals surface area (Å²) in [4.78, 5) is 11.8. The maximum atomic E-state index is 12.4. The van der Waals surface area contributed by atoms with Crippen LogP contribution in [0, 0.1) is 0 Å². The molecule has 1 aliphatic heterocycles. The molecule has 0 radical (unpaired) electrons. The van der Waals surface area contributed by atoms with E-state index in [1.807, 2.05) is 54.6 Å². The first-order valence-corrected chi connectivity index (χ1v) is 12.0. The van der Waals surface area contributed by atoms with Gasteiger partial charge in [0.25, 0.3) is 6.47 Å². The van der Waals surface area contributed by atoms with Crippen molar-refractivity contribution in [3.63, 3.8) is 0 Å². The zero-order valence-corrected chi connectivity index (χ0v) is 19.2. The van der Waals surface area contributed by atoms with Crippen molar-refractivity contribution < 1.29 is 19.1 Å². The Labute approximate surface area is 196 Å². The molecule has 3 aromatic carbocycles. The third kappa shape index (κ3) is 3.68. The Bertz CT molecular complexity index is 1080. The van der Waals surface area contributed by atoms with Crippen molar-refractivity contribution in [3.8, 4) is 11.1 Å². The van der Waals surface area contributed by atoms with E-state index in [0.717, 1.165) is 65.5 Å². The third-order valence-electron chi connectivity index (χ3n) is 7.88. The molecule has 33 heavy (non-hydrogen) atoms. The summed E-state index contributed by atoms with van der Waals surface area (Å²) >= 11 is 0. The number of hydrogen-bond acceptors (Lipinski definition) is 3. The van der Waals surface area contributed by atoms with Crippen LogP contribution in [0.15, 0.2) is 78.9 Å². The summed E-state index contributed by atoms with van der Waals surface area (Å²) in [5.74, 6) is 0. The molecule has 170 valence electrons. The Morgan fingerprint density at radius 1 is 1.00 bits per heavy atom. The number of carbonyl (C=O) groups excluding carboxylic acids is 1. The van der Waals surface area contributed by atoms with Crippen LogP contribution in [0.2, 0.25) is 0 Å². The molecule has 0 spiro atoms. The molecular formula is C29H32NO3+. The Hall–Kier alpha value is -2.95. The second-order valence-corrected chi connectivity index (χ2v) is 9.74. The molecule has 0 amide bonds. The minimum Gasteiger partial charge on any atom is -0.454 e. The fourth-order valence-corrected chi connectivity index (χ4v) is 6.26. The van der Waals surface area contributed by atoms with E-state index in [-0.39, 0.29) is 6.04 Å². The van der Waals surface area contributed by atoms with Gasteiger partial charge in [0.2, 0.25) is 0 Å². The highest BCUT2D eigenvalue weighted by atomic mass is 16.5. The van der Waals surface area contributed by atoms with Crippen molar-refractivity contribution in [2.45, 2.75) is 43.4 Å². The molecular weight excluding hydrogens is 410 g/mol. The number of benzene rings is 3. The SMILES string of the molecule is C[N+]1(CCCc2ccccc2)CCCC1C(OC=O)C1(O)c2ccccc2-c2ccccc21. The van der Waals surface area contributed by atoms with Gasteiger partial charge in [-0.3, -0.25) is 4.79 Å². The first kappa shape index (κ1) is 21.9. The predicted octanol–water partition coefficient (Wildman–Crippen LogP) is 4.69. The van der Waals surface area contributed by atoms with E-state index < -0.39 is 11.7 Å². The molecule has 3 aromatic rings. The molecule has 4 nitrogen and oxygen atoms in total. The Balaban J connectivity index is 1.48. The summed E-state index contributed by atoms with van der Waals surface area (Å²) in [6.45, 7) is 2.54. The number of likely N-dealkylation sites (tertiary alicyclic amines) is 1. The first-order chi connectivity index (χ1) is 16.1. The van der Waals surface area contributed by atoms with Gasteiger partial charge in [-0.15, -0.1) is 0 Å². The molecule has 4 heteroatoms. The Morgan fingerprint density at radius 3 is 2.24 bits per heavy atom. The molecule has 1 heterocycles. The van der Waals surface area contributed by atoms with E-state index in [1.165, 1.54) is 5.56 Å².